The molecule has 1 aliphatic heterocycles. The molecular weight excluding hydrogens is 240 g/mol. The van der Waals surface area contributed by atoms with E-state index in [0.717, 1.165) is 12.1 Å². The maximum atomic E-state index is 10.9. The van der Waals surface area contributed by atoms with Crippen molar-refractivity contribution in [1.82, 2.24) is 9.88 Å². The molecule has 2 atom stereocenters. The molecule has 0 bridgehead atoms. The van der Waals surface area contributed by atoms with Crippen LogP contribution < -0.4 is 0 Å². The maximum Gasteiger partial charge on any atom is 0.407 e. The number of aromatic nitrogens is 1. The van der Waals surface area contributed by atoms with E-state index in [1.807, 2.05) is 12.1 Å². The van der Waals surface area contributed by atoms with Crippen molar-refractivity contribution >= 4 is 17.7 Å². The second-order valence-corrected chi connectivity index (χ2v) is 4.87. The predicted octanol–water partition coefficient (Wildman–Crippen LogP) is 2.84. The molecule has 1 aliphatic rings. The van der Waals surface area contributed by atoms with Crippen LogP contribution in [-0.2, 0) is 0 Å². The minimum absolute atomic E-state index is 0.269. The first-order valence-corrected chi connectivity index (χ1v) is 6.06. The molecule has 0 spiro atoms. The number of rotatable bonds is 1. The SMILES string of the molecule is C[C@H]1CN(C(=O)O)CC[C@@H]1c1cccc(Cl)n1. The lowest BCUT2D eigenvalue weighted by Crippen LogP contribution is -2.41. The van der Waals surface area contributed by atoms with Gasteiger partial charge in [-0.25, -0.2) is 9.78 Å². The second-order valence-electron chi connectivity index (χ2n) is 4.49. The minimum atomic E-state index is -0.839. The zero-order valence-electron chi connectivity index (χ0n) is 9.64. The Morgan fingerprint density at radius 1 is 1.59 bits per heavy atom. The average Bonchev–Trinajstić information content (AvgIpc) is 2.28. The van der Waals surface area contributed by atoms with Crippen molar-refractivity contribution in [3.05, 3.63) is 29.0 Å². The summed E-state index contributed by atoms with van der Waals surface area (Å²) in [5.74, 6) is 0.565. The van der Waals surface area contributed by atoms with Crippen LogP contribution in [-0.4, -0.2) is 34.2 Å². The number of pyridine rings is 1. The van der Waals surface area contributed by atoms with Gasteiger partial charge in [-0.1, -0.05) is 24.6 Å². The number of amides is 1. The molecule has 1 amide bonds. The van der Waals surface area contributed by atoms with Crippen LogP contribution in [0.5, 0.6) is 0 Å². The van der Waals surface area contributed by atoms with Gasteiger partial charge in [-0.15, -0.1) is 0 Å². The third kappa shape index (κ3) is 2.69. The van der Waals surface area contributed by atoms with Gasteiger partial charge in [-0.2, -0.15) is 0 Å². The van der Waals surface area contributed by atoms with Gasteiger partial charge in [-0.05, 0) is 24.5 Å². The molecule has 1 saturated heterocycles. The van der Waals surface area contributed by atoms with Gasteiger partial charge < -0.3 is 10.0 Å². The number of carbonyl (C=O) groups is 1. The van der Waals surface area contributed by atoms with Crippen LogP contribution in [0.1, 0.15) is 25.0 Å². The highest BCUT2D eigenvalue weighted by Crippen LogP contribution is 2.32. The van der Waals surface area contributed by atoms with Gasteiger partial charge in [0.1, 0.15) is 5.15 Å². The molecule has 5 heteroatoms. The predicted molar refractivity (Wildman–Crippen MR) is 65.4 cm³/mol. The van der Waals surface area contributed by atoms with Crippen LogP contribution in [0.4, 0.5) is 4.79 Å². The first kappa shape index (κ1) is 12.2. The fourth-order valence-corrected chi connectivity index (χ4v) is 2.56. The van der Waals surface area contributed by atoms with Crippen LogP contribution in [0, 0.1) is 5.92 Å². The van der Waals surface area contributed by atoms with Crippen LogP contribution >= 0.6 is 11.6 Å². The van der Waals surface area contributed by atoms with Crippen LogP contribution in [0.25, 0.3) is 0 Å². The molecule has 1 fully saturated rings. The number of nitrogens with zero attached hydrogens (tertiary/aromatic N) is 2. The molecular formula is C12H15ClN2O2. The van der Waals surface area contributed by atoms with E-state index < -0.39 is 6.09 Å². The number of likely N-dealkylation sites (tertiary alicyclic amines) is 1. The summed E-state index contributed by atoms with van der Waals surface area (Å²) in [4.78, 5) is 16.7. The van der Waals surface area contributed by atoms with Gasteiger partial charge in [0.05, 0.1) is 0 Å². The molecule has 4 nitrogen and oxygen atoms in total. The van der Waals surface area contributed by atoms with Crippen molar-refractivity contribution in [2.75, 3.05) is 13.1 Å². The highest BCUT2D eigenvalue weighted by atomic mass is 35.5. The van der Waals surface area contributed by atoms with Crippen molar-refractivity contribution < 1.29 is 9.90 Å². The lowest BCUT2D eigenvalue weighted by atomic mass is 9.84. The van der Waals surface area contributed by atoms with E-state index in [-0.39, 0.29) is 5.92 Å². The summed E-state index contributed by atoms with van der Waals surface area (Å²) < 4.78 is 0. The zero-order chi connectivity index (χ0) is 12.4. The summed E-state index contributed by atoms with van der Waals surface area (Å²) >= 11 is 5.88. The summed E-state index contributed by atoms with van der Waals surface area (Å²) in [5.41, 5.74) is 0.968. The largest absolute Gasteiger partial charge is 0.465 e. The standard InChI is InChI=1S/C12H15ClN2O2/c1-8-7-15(12(16)17)6-5-9(8)10-3-2-4-11(13)14-10/h2-4,8-9H,5-7H2,1H3,(H,16,17)/t8-,9-/m0/s1. The van der Waals surface area contributed by atoms with Gasteiger partial charge in [-0.3, -0.25) is 0 Å². The Kier molecular flexibility index (Phi) is 3.52. The van der Waals surface area contributed by atoms with Crippen molar-refractivity contribution in [3.63, 3.8) is 0 Å². The number of halogens is 1. The lowest BCUT2D eigenvalue weighted by molar-refractivity contribution is 0.115. The molecule has 17 heavy (non-hydrogen) atoms. The van der Waals surface area contributed by atoms with E-state index in [2.05, 4.69) is 11.9 Å². The summed E-state index contributed by atoms with van der Waals surface area (Å²) in [7, 11) is 0. The molecule has 92 valence electrons. The molecule has 0 unspecified atom stereocenters. The fourth-order valence-electron chi connectivity index (χ4n) is 2.39. The zero-order valence-corrected chi connectivity index (χ0v) is 10.4. The topological polar surface area (TPSA) is 53.4 Å². The monoisotopic (exact) mass is 254 g/mol. The first-order chi connectivity index (χ1) is 8.08. The van der Waals surface area contributed by atoms with E-state index in [1.54, 1.807) is 6.07 Å². The molecule has 2 heterocycles. The van der Waals surface area contributed by atoms with Gasteiger partial charge in [0.2, 0.25) is 0 Å². The summed E-state index contributed by atoms with van der Waals surface area (Å²) in [6.45, 7) is 3.19. The van der Waals surface area contributed by atoms with Crippen molar-refractivity contribution in [2.24, 2.45) is 5.92 Å². The molecule has 1 aromatic rings. The quantitative estimate of drug-likeness (QED) is 0.784. The third-order valence-electron chi connectivity index (χ3n) is 3.29. The molecule has 2 rings (SSSR count). The smallest absolute Gasteiger partial charge is 0.407 e. The molecule has 0 saturated carbocycles. The highest BCUT2D eigenvalue weighted by molar-refractivity contribution is 6.29. The summed E-state index contributed by atoms with van der Waals surface area (Å²) in [6.07, 6.45) is -0.0322. The van der Waals surface area contributed by atoms with E-state index in [4.69, 9.17) is 16.7 Å². The van der Waals surface area contributed by atoms with Crippen LogP contribution in [0.3, 0.4) is 0 Å². The molecule has 1 aromatic heterocycles. The van der Waals surface area contributed by atoms with Crippen molar-refractivity contribution in [1.29, 1.82) is 0 Å². The van der Waals surface area contributed by atoms with Gasteiger partial charge in [0.25, 0.3) is 0 Å². The number of hydrogen-bond donors (Lipinski definition) is 1. The van der Waals surface area contributed by atoms with E-state index in [1.165, 1.54) is 4.90 Å². The third-order valence-corrected chi connectivity index (χ3v) is 3.50. The van der Waals surface area contributed by atoms with Crippen molar-refractivity contribution in [2.45, 2.75) is 19.3 Å². The second kappa shape index (κ2) is 4.92. The van der Waals surface area contributed by atoms with Gasteiger partial charge in [0.15, 0.2) is 0 Å². The average molecular weight is 255 g/mol. The lowest BCUT2D eigenvalue weighted by Gasteiger charge is -2.35. The number of carboxylic acid groups (broad SMARTS) is 1. The Morgan fingerprint density at radius 3 is 2.94 bits per heavy atom. The summed E-state index contributed by atoms with van der Waals surface area (Å²) in [6, 6.07) is 5.60. The Balaban J connectivity index is 2.12. The number of piperidine rings is 1. The van der Waals surface area contributed by atoms with Crippen molar-refractivity contribution in [3.8, 4) is 0 Å². The Hall–Kier alpha value is -1.29. The molecule has 0 radical (unpaired) electrons. The van der Waals surface area contributed by atoms with E-state index >= 15 is 0 Å². The van der Waals surface area contributed by atoms with Crippen LogP contribution in [0.2, 0.25) is 5.15 Å². The van der Waals surface area contributed by atoms with E-state index in [9.17, 15) is 4.79 Å². The van der Waals surface area contributed by atoms with E-state index in [0.29, 0.717) is 24.2 Å². The Bertz CT molecular complexity index is 425. The fraction of sp³-hybridized carbons (Fsp3) is 0.500. The maximum absolute atomic E-state index is 10.9. The molecule has 0 aromatic carbocycles. The highest BCUT2D eigenvalue weighted by Gasteiger charge is 2.30. The van der Waals surface area contributed by atoms with Gasteiger partial charge >= 0.3 is 6.09 Å². The minimum Gasteiger partial charge on any atom is -0.465 e. The molecule has 0 aliphatic carbocycles. The Labute approximate surface area is 105 Å². The normalized spacial score (nSPS) is 24.7. The van der Waals surface area contributed by atoms with Crippen LogP contribution in [0.15, 0.2) is 18.2 Å². The number of hydrogen-bond acceptors (Lipinski definition) is 2. The molecule has 1 N–H and O–H groups in total. The Morgan fingerprint density at radius 2 is 2.35 bits per heavy atom. The van der Waals surface area contributed by atoms with Gasteiger partial charge in [0, 0.05) is 24.7 Å². The first-order valence-electron chi connectivity index (χ1n) is 5.68. The summed E-state index contributed by atoms with van der Waals surface area (Å²) in [5, 5.41) is 9.44.